The quantitative estimate of drug-likeness (QED) is 0.774. The number of pyridine rings is 1. The van der Waals surface area contributed by atoms with Crippen molar-refractivity contribution < 1.29 is 8.42 Å². The highest BCUT2D eigenvalue weighted by Crippen LogP contribution is 2.26. The van der Waals surface area contributed by atoms with Crippen LogP contribution in [0.5, 0.6) is 0 Å². The molecule has 0 spiro atoms. The maximum absolute atomic E-state index is 12.4. The predicted octanol–water partition coefficient (Wildman–Crippen LogP) is 2.56. The lowest BCUT2D eigenvalue weighted by Gasteiger charge is -2.09. The van der Waals surface area contributed by atoms with Gasteiger partial charge in [-0.3, -0.25) is 9.71 Å². The summed E-state index contributed by atoms with van der Waals surface area (Å²) in [7, 11) is -3.62. The van der Waals surface area contributed by atoms with Gasteiger partial charge in [0.1, 0.15) is 0 Å². The van der Waals surface area contributed by atoms with Crippen LogP contribution in [0.1, 0.15) is 4.88 Å². The molecule has 3 aromatic rings. The first-order valence-electron chi connectivity index (χ1n) is 6.23. The number of hydrogen-bond acceptors (Lipinski definition) is 5. The summed E-state index contributed by atoms with van der Waals surface area (Å²) in [5.41, 5.74) is 6.04. The third-order valence-electron chi connectivity index (χ3n) is 3.07. The predicted molar refractivity (Wildman–Crippen MR) is 84.8 cm³/mol. The second-order valence-electron chi connectivity index (χ2n) is 4.46. The molecule has 7 heteroatoms. The number of hydrogen-bond donors (Lipinski definition) is 2. The Balaban J connectivity index is 2.01. The maximum Gasteiger partial charge on any atom is 0.262 e. The summed E-state index contributed by atoms with van der Waals surface area (Å²) in [5, 5.41) is 3.28. The summed E-state index contributed by atoms with van der Waals surface area (Å²) < 4.78 is 27.4. The molecular weight excluding hydrogens is 306 g/mol. The van der Waals surface area contributed by atoms with E-state index < -0.39 is 10.0 Å². The Bertz CT molecular complexity index is 883. The number of anilines is 1. The normalized spacial score (nSPS) is 11.7. The fourth-order valence-electron chi connectivity index (χ4n) is 2.01. The van der Waals surface area contributed by atoms with E-state index in [1.165, 1.54) is 11.3 Å². The lowest BCUT2D eigenvalue weighted by atomic mass is 10.1. The molecule has 0 saturated heterocycles. The molecule has 108 valence electrons. The molecule has 0 aliphatic rings. The molecule has 3 rings (SSSR count). The van der Waals surface area contributed by atoms with Crippen molar-refractivity contribution in [3.8, 4) is 0 Å². The highest BCUT2D eigenvalue weighted by molar-refractivity contribution is 7.92. The van der Waals surface area contributed by atoms with E-state index in [0.717, 1.165) is 15.6 Å². The molecule has 21 heavy (non-hydrogen) atoms. The summed E-state index contributed by atoms with van der Waals surface area (Å²) >= 11 is 1.33. The Morgan fingerprint density at radius 1 is 1.29 bits per heavy atom. The standard InChI is InChI=1S/C14H13N3O2S2/c15-7-11-6-12(9-20-11)21(18,19)17-14-3-1-2-10-4-5-16-8-13(10)14/h1-6,8-9,17H,7,15H2. The van der Waals surface area contributed by atoms with Crippen LogP contribution in [0.2, 0.25) is 0 Å². The molecule has 2 heterocycles. The Kier molecular flexibility index (Phi) is 3.62. The second kappa shape index (κ2) is 5.44. The molecule has 0 saturated carbocycles. The van der Waals surface area contributed by atoms with Crippen LogP contribution < -0.4 is 10.5 Å². The van der Waals surface area contributed by atoms with Gasteiger partial charge >= 0.3 is 0 Å². The fraction of sp³-hybridized carbons (Fsp3) is 0.0714. The van der Waals surface area contributed by atoms with Gasteiger partial charge in [-0.2, -0.15) is 0 Å². The Labute approximate surface area is 126 Å². The van der Waals surface area contributed by atoms with Gasteiger partial charge in [-0.15, -0.1) is 11.3 Å². The van der Waals surface area contributed by atoms with Gasteiger partial charge in [-0.25, -0.2) is 8.42 Å². The van der Waals surface area contributed by atoms with Crippen LogP contribution in [-0.2, 0) is 16.6 Å². The van der Waals surface area contributed by atoms with Gasteiger partial charge in [0.2, 0.25) is 0 Å². The van der Waals surface area contributed by atoms with Crippen molar-refractivity contribution >= 4 is 37.8 Å². The number of aromatic nitrogens is 1. The van der Waals surface area contributed by atoms with Crippen molar-refractivity contribution in [2.45, 2.75) is 11.4 Å². The Morgan fingerprint density at radius 2 is 2.14 bits per heavy atom. The number of rotatable bonds is 4. The SMILES string of the molecule is NCc1cc(S(=O)(=O)Nc2cccc3ccncc23)cs1. The zero-order chi connectivity index (χ0) is 14.9. The maximum atomic E-state index is 12.4. The van der Waals surface area contributed by atoms with Crippen molar-refractivity contribution in [3.63, 3.8) is 0 Å². The van der Waals surface area contributed by atoms with E-state index in [1.807, 2.05) is 12.1 Å². The van der Waals surface area contributed by atoms with E-state index in [0.29, 0.717) is 12.2 Å². The smallest absolute Gasteiger partial charge is 0.262 e. The fourth-order valence-corrected chi connectivity index (χ4v) is 4.25. The Hall–Kier alpha value is -1.96. The summed E-state index contributed by atoms with van der Waals surface area (Å²) in [6.45, 7) is 0.332. The van der Waals surface area contributed by atoms with E-state index in [9.17, 15) is 8.42 Å². The molecule has 0 unspecified atom stereocenters. The number of thiophene rings is 1. The van der Waals surface area contributed by atoms with E-state index >= 15 is 0 Å². The summed E-state index contributed by atoms with van der Waals surface area (Å²) in [6, 6.07) is 8.86. The first-order valence-corrected chi connectivity index (χ1v) is 8.59. The van der Waals surface area contributed by atoms with E-state index in [-0.39, 0.29) is 4.90 Å². The number of sulfonamides is 1. The second-order valence-corrected chi connectivity index (χ2v) is 7.14. The average Bonchev–Trinajstić information content (AvgIpc) is 2.97. The molecule has 0 radical (unpaired) electrons. The first-order chi connectivity index (χ1) is 10.1. The van der Waals surface area contributed by atoms with E-state index in [4.69, 9.17) is 5.73 Å². The molecule has 2 aromatic heterocycles. The van der Waals surface area contributed by atoms with Crippen molar-refractivity contribution in [3.05, 3.63) is 53.0 Å². The van der Waals surface area contributed by atoms with Crippen LogP contribution in [0.4, 0.5) is 5.69 Å². The van der Waals surface area contributed by atoms with Crippen LogP contribution >= 0.6 is 11.3 Å². The summed E-state index contributed by atoms with van der Waals surface area (Å²) in [6.07, 6.45) is 3.32. The summed E-state index contributed by atoms with van der Waals surface area (Å²) in [4.78, 5) is 5.10. The van der Waals surface area contributed by atoms with Gasteiger partial charge < -0.3 is 5.73 Å². The molecular formula is C14H13N3O2S2. The molecule has 0 aliphatic heterocycles. The van der Waals surface area contributed by atoms with Gasteiger partial charge in [0.15, 0.2) is 0 Å². The number of fused-ring (bicyclic) bond motifs is 1. The molecule has 5 nitrogen and oxygen atoms in total. The van der Waals surface area contributed by atoms with Gasteiger partial charge in [-0.1, -0.05) is 12.1 Å². The molecule has 3 N–H and O–H groups in total. The third kappa shape index (κ3) is 2.76. The highest BCUT2D eigenvalue weighted by atomic mass is 32.2. The molecule has 0 aliphatic carbocycles. The van der Waals surface area contributed by atoms with Crippen LogP contribution in [0.15, 0.2) is 53.0 Å². The van der Waals surface area contributed by atoms with Crippen molar-refractivity contribution in [1.29, 1.82) is 0 Å². The molecule has 0 atom stereocenters. The largest absolute Gasteiger partial charge is 0.326 e. The molecule has 0 bridgehead atoms. The van der Waals surface area contributed by atoms with E-state index in [2.05, 4.69) is 9.71 Å². The number of nitrogens with two attached hydrogens (primary N) is 1. The lowest BCUT2D eigenvalue weighted by molar-refractivity contribution is 0.601. The van der Waals surface area contributed by atoms with E-state index in [1.54, 1.807) is 36.0 Å². The minimum atomic E-state index is -3.62. The minimum Gasteiger partial charge on any atom is -0.326 e. The van der Waals surface area contributed by atoms with Gasteiger partial charge in [0.05, 0.1) is 10.6 Å². The number of nitrogens with one attached hydrogen (secondary N) is 1. The van der Waals surface area contributed by atoms with Crippen LogP contribution in [0.25, 0.3) is 10.8 Å². The topological polar surface area (TPSA) is 85.1 Å². The average molecular weight is 319 g/mol. The third-order valence-corrected chi connectivity index (χ3v) is 5.52. The number of benzene rings is 1. The highest BCUT2D eigenvalue weighted by Gasteiger charge is 2.17. The summed E-state index contributed by atoms with van der Waals surface area (Å²) in [5.74, 6) is 0. The molecule has 1 aromatic carbocycles. The zero-order valence-electron chi connectivity index (χ0n) is 11.0. The van der Waals surface area contributed by atoms with Crippen LogP contribution in [0, 0.1) is 0 Å². The monoisotopic (exact) mass is 319 g/mol. The van der Waals surface area contributed by atoms with Gasteiger partial charge in [0, 0.05) is 34.6 Å². The van der Waals surface area contributed by atoms with Gasteiger partial charge in [-0.05, 0) is 23.6 Å². The van der Waals surface area contributed by atoms with Crippen molar-refractivity contribution in [2.75, 3.05) is 4.72 Å². The van der Waals surface area contributed by atoms with Crippen LogP contribution in [0.3, 0.4) is 0 Å². The van der Waals surface area contributed by atoms with Crippen molar-refractivity contribution in [1.82, 2.24) is 4.98 Å². The van der Waals surface area contributed by atoms with Gasteiger partial charge in [0.25, 0.3) is 10.0 Å². The minimum absolute atomic E-state index is 0.230. The molecule has 0 amide bonds. The van der Waals surface area contributed by atoms with Crippen LogP contribution in [-0.4, -0.2) is 13.4 Å². The van der Waals surface area contributed by atoms with Crippen molar-refractivity contribution in [2.24, 2.45) is 5.73 Å². The Morgan fingerprint density at radius 3 is 2.90 bits per heavy atom. The number of nitrogens with zero attached hydrogens (tertiary/aromatic N) is 1. The lowest BCUT2D eigenvalue weighted by Crippen LogP contribution is -2.12. The zero-order valence-corrected chi connectivity index (χ0v) is 12.6. The molecule has 0 fully saturated rings. The first kappa shape index (κ1) is 14.0.